The zero-order chi connectivity index (χ0) is 101. The van der Waals surface area contributed by atoms with Gasteiger partial charge in [0, 0.05) is 153 Å². The van der Waals surface area contributed by atoms with Crippen LogP contribution in [0.3, 0.4) is 0 Å². The van der Waals surface area contributed by atoms with Crippen LogP contribution in [0.15, 0.2) is 362 Å². The van der Waals surface area contributed by atoms with Crippen molar-refractivity contribution in [3.63, 3.8) is 0 Å². The fourth-order valence-corrected chi connectivity index (χ4v) is 14.8. The van der Waals surface area contributed by atoms with Crippen LogP contribution in [0, 0.1) is 61.0 Å². The molecule has 0 aliphatic rings. The van der Waals surface area contributed by atoms with E-state index in [9.17, 15) is 23.5 Å². The summed E-state index contributed by atoms with van der Waals surface area (Å²) in [4.78, 5) is 72.5. The fraction of sp³-hybridized carbons (Fsp3) is 0.162. The predicted octanol–water partition coefficient (Wildman–Crippen LogP) is 24.4. The van der Waals surface area contributed by atoms with Crippen molar-refractivity contribution in [2.45, 2.75) is 123 Å². The molecular formula is C117H99F2N13O11Pt5-2. The first-order chi connectivity index (χ1) is 68.9. The standard InChI is InChI=1S/C36H32N2O.C28H26N2O.C21H13F2N3O2.C19H17N2O3.C13H11N4O4.5Pt/c1-35(2,31-22-11-12-24-37-31)28-19-13-20-29(25-28)36(3,4)32-23-14-21-30(38-32)34(39)33(26-15-7-5-8-16-26)27-17-9-6-10-18-27;1-27(2,21-12-6-5-7-13-21)25-17-11-18-26(30-25)31-23-15-10-14-22(20-23)28(3,4)24-16-8-9-19-29-24;1-13-8-9-17(25-13)16-5-4-7-21(26-16)28-19-12-18(14(22)11-15(19)23)27-20-6-2-3-10-24-20;1-19(2,22)16-9-6-11-18(21-16)24-15-8-5-7-14(13-15)23-17-10-3-4-12-20-17;18-13(19)2-12-16-10(7-21-12)1-9-3-15-17(4-9)5-11-6-20-8-14-11;;;;;/h5-24H,1-4H3;5-12,14-19H,1-4H3;2-11H,1H3;3-12,22H,1-2H3;3,6-8H,1-2,5H2,(H,18,19);;;;;/q3*-2;2*-1;;;3*+2. The predicted molar refractivity (Wildman–Crippen MR) is 534 cm³/mol. The number of hydrogen-bond acceptors (Lipinski definition) is 21. The number of carbonyl (C=O) groups is 2. The summed E-state index contributed by atoms with van der Waals surface area (Å²) in [5, 5.41) is 22.9. The van der Waals surface area contributed by atoms with Gasteiger partial charge < -0.3 is 57.2 Å². The number of carboxylic acids is 1. The van der Waals surface area contributed by atoms with Crippen molar-refractivity contribution in [1.29, 1.82) is 0 Å². The Morgan fingerprint density at radius 2 is 0.899 bits per heavy atom. The first-order valence-corrected chi connectivity index (χ1v) is 45.7. The smallest absolute Gasteiger partial charge is 0.660 e. The Morgan fingerprint density at radius 3 is 1.43 bits per heavy atom. The molecule has 12 aromatic heterocycles. The Labute approximate surface area is 930 Å². The minimum Gasteiger partial charge on any atom is -0.660 e. The Bertz CT molecular complexity index is 7280. The summed E-state index contributed by atoms with van der Waals surface area (Å²) < 4.78 is 68.1. The number of aliphatic hydroxyl groups is 1. The van der Waals surface area contributed by atoms with Crippen molar-refractivity contribution >= 4 is 11.8 Å². The van der Waals surface area contributed by atoms with Gasteiger partial charge in [0.25, 0.3) is 0 Å². The van der Waals surface area contributed by atoms with Gasteiger partial charge in [-0.15, -0.1) is 66.0 Å². The van der Waals surface area contributed by atoms with Crippen LogP contribution in [0.4, 0.5) is 8.78 Å². The molecule has 764 valence electrons. The van der Waals surface area contributed by atoms with E-state index in [1.54, 1.807) is 116 Å². The SMILES string of the molecule is CC(C)(O)c1cccc(Oc2[c-]c(Oc3ccccn3)ccc2)n1.CC(C)(c1[c-]c(C(C)(C)c2cccc(C(=O)[C-](c3ccccc3)c3ccccc3)n2)ccc1)c1ccccn1.CC(C)(c1[c-]c(Oc2cccc(C(C)(C)c3[c-]cccc3)n2)ccc1)c1ccccn1.Cc1ccc(-c2cccc(Oc3[c-]c(Oc4ccccn4)c(F)cc3F)n2)[n-]1.O=C(O)Cc1nc(Cc2[c-]n(Cc3cocn3)nc2)co1.[Pt+2].[Pt+2].[Pt+2].[Pt].[Pt]. The largest absolute Gasteiger partial charge is 2.00 e. The Hall–Kier alpha value is -14.1. The van der Waals surface area contributed by atoms with E-state index in [0.717, 1.165) is 73.1 Å². The van der Waals surface area contributed by atoms with E-state index in [1.807, 2.05) is 195 Å². The van der Waals surface area contributed by atoms with Gasteiger partial charge in [-0.3, -0.25) is 33.6 Å². The second kappa shape index (κ2) is 54.0. The molecule has 24 nitrogen and oxygen atoms in total. The minimum atomic E-state index is -1.03. The minimum absolute atomic E-state index is 0. The molecule has 0 aliphatic heterocycles. The van der Waals surface area contributed by atoms with Crippen LogP contribution in [-0.2, 0) is 157 Å². The van der Waals surface area contributed by atoms with Crippen LogP contribution < -0.4 is 28.7 Å². The normalized spacial score (nSPS) is 10.9. The third-order valence-electron chi connectivity index (χ3n) is 22.7. The number of oxazole rings is 2. The maximum Gasteiger partial charge on any atom is 2.00 e. The molecule has 19 aromatic rings. The molecule has 0 aliphatic carbocycles. The number of aromatic nitrogens is 13. The van der Waals surface area contributed by atoms with Crippen LogP contribution in [0.1, 0.15) is 170 Å². The van der Waals surface area contributed by atoms with E-state index in [1.165, 1.54) is 24.9 Å². The third-order valence-corrected chi connectivity index (χ3v) is 22.7. The van der Waals surface area contributed by atoms with Gasteiger partial charge in [0.2, 0.25) is 35.3 Å². The molecule has 0 unspecified atom stereocenters. The van der Waals surface area contributed by atoms with E-state index in [4.69, 9.17) is 47.6 Å². The molecule has 0 radical (unpaired) electrons. The van der Waals surface area contributed by atoms with Crippen LogP contribution in [0.25, 0.3) is 11.4 Å². The number of hydrogen-bond donors (Lipinski definition) is 2. The number of ketones is 1. The van der Waals surface area contributed by atoms with Gasteiger partial charge in [0.05, 0.1) is 63.8 Å². The van der Waals surface area contributed by atoms with Crippen molar-refractivity contribution in [3.8, 4) is 69.5 Å². The van der Waals surface area contributed by atoms with Crippen LogP contribution in [-0.4, -0.2) is 81.6 Å². The topological polar surface area (TPSA) is 308 Å². The fourth-order valence-electron chi connectivity index (χ4n) is 14.8. The van der Waals surface area contributed by atoms with Gasteiger partial charge in [0.15, 0.2) is 12.2 Å². The second-order valence-corrected chi connectivity index (χ2v) is 35.3. The van der Waals surface area contributed by atoms with E-state index in [-0.39, 0.29) is 163 Å². The average Bonchev–Trinajstić information content (AvgIpc) is 0.895. The Morgan fingerprint density at radius 1 is 0.439 bits per heavy atom. The summed E-state index contributed by atoms with van der Waals surface area (Å²) in [5.41, 5.74) is 12.5. The number of pyridine rings is 8. The first kappa shape index (κ1) is 116. The van der Waals surface area contributed by atoms with Gasteiger partial charge >= 0.3 is 69.2 Å². The van der Waals surface area contributed by atoms with Crippen molar-refractivity contribution in [2.75, 3.05) is 0 Å². The first-order valence-electron chi connectivity index (χ1n) is 45.7. The Balaban J connectivity index is 0.000000190. The molecular weight excluding hydrogens is 2780 g/mol. The molecule has 0 spiro atoms. The molecule has 31 heteroatoms. The average molecular weight is 2880 g/mol. The molecule has 19 rings (SSSR count). The number of halogens is 2. The third kappa shape index (κ3) is 31.5. The summed E-state index contributed by atoms with van der Waals surface area (Å²) in [5.74, 6) is 0.476. The number of carbonyl (C=O) groups excluding carboxylic acids is 1. The van der Waals surface area contributed by atoms with Gasteiger partial charge in [-0.05, 0) is 86.8 Å². The Kier molecular flexibility index (Phi) is 42.3. The number of carboxylic acid groups (broad SMARTS) is 1. The summed E-state index contributed by atoms with van der Waals surface area (Å²) in [7, 11) is 0. The number of aryl methyl sites for hydroxylation is 1. The number of rotatable bonds is 30. The zero-order valence-electron chi connectivity index (χ0n) is 81.8. The van der Waals surface area contributed by atoms with E-state index in [2.05, 4.69) is 178 Å². The molecule has 0 saturated carbocycles. The molecule has 7 aromatic carbocycles. The van der Waals surface area contributed by atoms with E-state index >= 15 is 0 Å². The van der Waals surface area contributed by atoms with Gasteiger partial charge in [-0.1, -0.05) is 201 Å². The monoisotopic (exact) mass is 2870 g/mol. The molecule has 148 heavy (non-hydrogen) atoms. The number of ether oxygens (including phenoxy) is 5. The molecule has 0 amide bonds. The van der Waals surface area contributed by atoms with Crippen molar-refractivity contribution in [2.24, 2.45) is 0 Å². The number of nitrogens with zero attached hydrogens (tertiary/aromatic N) is 13. The maximum atomic E-state index is 14.2. The van der Waals surface area contributed by atoms with Gasteiger partial charge in [0.1, 0.15) is 24.5 Å². The summed E-state index contributed by atoms with van der Waals surface area (Å²) in [6.07, 6.45) is 16.1. The number of benzene rings is 7. The zero-order valence-corrected chi connectivity index (χ0v) is 93.2. The molecule has 0 saturated heterocycles. The maximum absolute atomic E-state index is 14.2. The summed E-state index contributed by atoms with van der Waals surface area (Å²) in [6.45, 7) is 22.9. The van der Waals surface area contributed by atoms with Crippen LogP contribution in [0.2, 0.25) is 0 Å². The summed E-state index contributed by atoms with van der Waals surface area (Å²) >= 11 is 0. The van der Waals surface area contributed by atoms with Crippen molar-refractivity contribution < 1.29 is 166 Å². The molecule has 0 fully saturated rings. The molecule has 0 atom stereocenters. The molecule has 2 N–H and O–H groups in total. The van der Waals surface area contributed by atoms with E-state index in [0.29, 0.717) is 88.3 Å². The second-order valence-electron chi connectivity index (χ2n) is 35.3. The summed E-state index contributed by atoms with van der Waals surface area (Å²) in [6, 6.07) is 109. The number of Topliss-reactive ketones (excluding diaryl/α,β-unsaturated/α-hetero) is 1. The molecule has 0 bridgehead atoms. The van der Waals surface area contributed by atoms with Gasteiger partial charge in [-0.25, -0.2) is 34.9 Å². The van der Waals surface area contributed by atoms with E-state index < -0.39 is 28.6 Å². The molecule has 12 heterocycles. The van der Waals surface area contributed by atoms with Crippen LogP contribution >= 0.6 is 0 Å². The van der Waals surface area contributed by atoms with Crippen molar-refractivity contribution in [1.82, 2.24) is 64.6 Å². The van der Waals surface area contributed by atoms with Gasteiger partial charge in [-0.2, -0.15) is 101 Å². The quantitative estimate of drug-likeness (QED) is 0.0312. The van der Waals surface area contributed by atoms with Crippen molar-refractivity contribution in [3.05, 3.63) is 503 Å². The number of aliphatic carboxylic acids is 1. The van der Waals surface area contributed by atoms with Crippen LogP contribution in [0.5, 0.6) is 58.1 Å².